The number of ether oxygens (including phenoxy) is 1. The zero-order chi connectivity index (χ0) is 14.0. The third-order valence-corrected chi connectivity index (χ3v) is 3.40. The third-order valence-electron chi connectivity index (χ3n) is 3.40. The molecule has 0 saturated heterocycles. The normalized spacial score (nSPS) is 22.4. The Balaban J connectivity index is 1.95. The van der Waals surface area contributed by atoms with E-state index in [-0.39, 0.29) is 17.9 Å². The Morgan fingerprint density at radius 1 is 1.42 bits per heavy atom. The fraction of sp³-hybridized carbons (Fsp3) is 0.429. The van der Waals surface area contributed by atoms with Crippen LogP contribution in [0.1, 0.15) is 24.9 Å². The molecule has 0 radical (unpaired) electrons. The highest BCUT2D eigenvalue weighted by Crippen LogP contribution is 2.39. The van der Waals surface area contributed by atoms with Crippen molar-refractivity contribution in [2.24, 2.45) is 11.8 Å². The van der Waals surface area contributed by atoms with Crippen LogP contribution in [0.4, 0.5) is 0 Å². The number of carboxylic acid groups (broad SMARTS) is 1. The van der Waals surface area contributed by atoms with E-state index in [2.05, 4.69) is 5.32 Å². The average molecular weight is 263 g/mol. The lowest BCUT2D eigenvalue weighted by Gasteiger charge is -2.15. The molecule has 5 nitrogen and oxygen atoms in total. The van der Waals surface area contributed by atoms with Crippen LogP contribution in [-0.4, -0.2) is 24.1 Å². The van der Waals surface area contributed by atoms with Crippen LogP contribution in [-0.2, 0) is 9.59 Å². The number of carboxylic acids is 1. The van der Waals surface area contributed by atoms with Gasteiger partial charge in [0.1, 0.15) is 5.75 Å². The van der Waals surface area contributed by atoms with E-state index in [1.165, 1.54) is 0 Å². The van der Waals surface area contributed by atoms with Crippen molar-refractivity contribution in [2.75, 3.05) is 7.11 Å². The van der Waals surface area contributed by atoms with Crippen molar-refractivity contribution in [2.45, 2.75) is 19.4 Å². The Morgan fingerprint density at radius 2 is 2.16 bits per heavy atom. The van der Waals surface area contributed by atoms with Crippen molar-refractivity contribution in [3.8, 4) is 5.75 Å². The van der Waals surface area contributed by atoms with Gasteiger partial charge in [0.2, 0.25) is 5.91 Å². The quantitative estimate of drug-likeness (QED) is 0.846. The summed E-state index contributed by atoms with van der Waals surface area (Å²) in [7, 11) is 1.59. The van der Waals surface area contributed by atoms with Crippen LogP contribution in [0.2, 0.25) is 0 Å². The summed E-state index contributed by atoms with van der Waals surface area (Å²) in [4.78, 5) is 22.6. The molecule has 0 heterocycles. The van der Waals surface area contributed by atoms with Gasteiger partial charge in [0.25, 0.3) is 0 Å². The molecular formula is C14H17NO4. The fourth-order valence-electron chi connectivity index (χ4n) is 2.07. The van der Waals surface area contributed by atoms with Crippen LogP contribution in [0.25, 0.3) is 0 Å². The van der Waals surface area contributed by atoms with Crippen molar-refractivity contribution in [1.29, 1.82) is 0 Å². The fourth-order valence-corrected chi connectivity index (χ4v) is 2.07. The van der Waals surface area contributed by atoms with Crippen molar-refractivity contribution in [3.05, 3.63) is 29.8 Å². The minimum Gasteiger partial charge on any atom is -0.497 e. The second-order valence-corrected chi connectivity index (χ2v) is 4.79. The van der Waals surface area contributed by atoms with E-state index in [1.54, 1.807) is 7.11 Å². The van der Waals surface area contributed by atoms with Crippen LogP contribution in [0.5, 0.6) is 5.75 Å². The van der Waals surface area contributed by atoms with Crippen LogP contribution in [0, 0.1) is 11.8 Å². The summed E-state index contributed by atoms with van der Waals surface area (Å²) in [5.74, 6) is -1.26. The molecule has 0 aromatic heterocycles. The highest BCUT2D eigenvalue weighted by atomic mass is 16.5. The van der Waals surface area contributed by atoms with E-state index >= 15 is 0 Å². The maximum absolute atomic E-state index is 11.9. The number of methoxy groups -OCH3 is 1. The Morgan fingerprint density at radius 3 is 2.74 bits per heavy atom. The predicted octanol–water partition coefficient (Wildman–Crippen LogP) is 1.59. The lowest BCUT2D eigenvalue weighted by Crippen LogP contribution is -2.29. The number of hydrogen-bond acceptors (Lipinski definition) is 3. The zero-order valence-electron chi connectivity index (χ0n) is 10.9. The predicted molar refractivity (Wildman–Crippen MR) is 68.8 cm³/mol. The van der Waals surface area contributed by atoms with Gasteiger partial charge in [-0.05, 0) is 31.0 Å². The monoisotopic (exact) mass is 263 g/mol. The number of carbonyl (C=O) groups is 2. The van der Waals surface area contributed by atoms with E-state index in [9.17, 15) is 9.59 Å². The number of benzene rings is 1. The second-order valence-electron chi connectivity index (χ2n) is 4.79. The number of carbonyl (C=O) groups excluding carboxylic acids is 1. The number of amides is 1. The first kappa shape index (κ1) is 13.4. The van der Waals surface area contributed by atoms with E-state index in [1.807, 2.05) is 31.2 Å². The molecule has 1 aromatic rings. The molecular weight excluding hydrogens is 246 g/mol. The number of aliphatic carboxylic acids is 1. The molecule has 0 aliphatic heterocycles. The van der Waals surface area contributed by atoms with Gasteiger partial charge in [-0.1, -0.05) is 12.1 Å². The molecule has 3 atom stereocenters. The molecule has 1 fully saturated rings. The topological polar surface area (TPSA) is 75.6 Å². The van der Waals surface area contributed by atoms with Crippen LogP contribution >= 0.6 is 0 Å². The van der Waals surface area contributed by atoms with Crippen LogP contribution in [0.3, 0.4) is 0 Å². The molecule has 1 aromatic carbocycles. The molecule has 19 heavy (non-hydrogen) atoms. The SMILES string of the molecule is COc1cccc([C@H](C)NC(=O)C2CC2C(=O)O)c1. The molecule has 102 valence electrons. The third kappa shape index (κ3) is 3.05. The van der Waals surface area contributed by atoms with Gasteiger partial charge < -0.3 is 15.2 Å². The van der Waals surface area contributed by atoms with Crippen LogP contribution in [0.15, 0.2) is 24.3 Å². The van der Waals surface area contributed by atoms with Crippen LogP contribution < -0.4 is 10.1 Å². The minimum atomic E-state index is -0.894. The Hall–Kier alpha value is -2.04. The van der Waals surface area contributed by atoms with E-state index in [0.29, 0.717) is 6.42 Å². The molecule has 0 spiro atoms. The number of nitrogens with one attached hydrogen (secondary N) is 1. The molecule has 1 aliphatic rings. The van der Waals surface area contributed by atoms with Crippen molar-refractivity contribution in [1.82, 2.24) is 5.32 Å². The van der Waals surface area contributed by atoms with E-state index < -0.39 is 11.9 Å². The molecule has 0 bridgehead atoms. The summed E-state index contributed by atoms with van der Waals surface area (Å²) in [6.45, 7) is 1.87. The first-order chi connectivity index (χ1) is 9.02. The van der Waals surface area contributed by atoms with Gasteiger partial charge in [-0.25, -0.2) is 0 Å². The van der Waals surface area contributed by atoms with Gasteiger partial charge >= 0.3 is 5.97 Å². The molecule has 1 saturated carbocycles. The highest BCUT2D eigenvalue weighted by molar-refractivity contribution is 5.89. The lowest BCUT2D eigenvalue weighted by atomic mass is 10.1. The Labute approximate surface area is 111 Å². The summed E-state index contributed by atoms with van der Waals surface area (Å²) in [5.41, 5.74) is 0.931. The Bertz CT molecular complexity index is 500. The molecule has 5 heteroatoms. The lowest BCUT2D eigenvalue weighted by molar-refractivity contribution is -0.140. The van der Waals surface area contributed by atoms with Gasteiger partial charge in [-0.2, -0.15) is 0 Å². The van der Waals surface area contributed by atoms with Gasteiger partial charge in [0, 0.05) is 0 Å². The summed E-state index contributed by atoms with van der Waals surface area (Å²) in [6.07, 6.45) is 0.437. The molecule has 1 aliphatic carbocycles. The summed E-state index contributed by atoms with van der Waals surface area (Å²) < 4.78 is 5.13. The average Bonchev–Trinajstić information content (AvgIpc) is 3.19. The molecule has 2 unspecified atom stereocenters. The van der Waals surface area contributed by atoms with E-state index in [4.69, 9.17) is 9.84 Å². The molecule has 2 rings (SSSR count). The molecule has 2 N–H and O–H groups in total. The second kappa shape index (κ2) is 5.30. The summed E-state index contributed by atoms with van der Waals surface area (Å²) >= 11 is 0. The highest BCUT2D eigenvalue weighted by Gasteiger charge is 2.48. The standard InChI is InChI=1S/C14H17NO4/c1-8(9-4-3-5-10(6-9)19-2)15-13(16)11-7-12(11)14(17)18/h3-6,8,11-12H,7H2,1-2H3,(H,15,16)(H,17,18)/t8-,11?,12?/m0/s1. The smallest absolute Gasteiger partial charge is 0.307 e. The maximum atomic E-state index is 11.9. The van der Waals surface area contributed by atoms with Crippen molar-refractivity contribution in [3.63, 3.8) is 0 Å². The number of hydrogen-bond donors (Lipinski definition) is 2. The maximum Gasteiger partial charge on any atom is 0.307 e. The number of rotatable bonds is 5. The van der Waals surface area contributed by atoms with Gasteiger partial charge in [0.05, 0.1) is 25.0 Å². The summed E-state index contributed by atoms with van der Waals surface area (Å²) in [5, 5.41) is 11.6. The summed E-state index contributed by atoms with van der Waals surface area (Å²) in [6, 6.07) is 7.27. The minimum absolute atomic E-state index is 0.169. The Kier molecular flexibility index (Phi) is 3.74. The van der Waals surface area contributed by atoms with Crippen molar-refractivity contribution >= 4 is 11.9 Å². The van der Waals surface area contributed by atoms with Gasteiger partial charge in [-0.3, -0.25) is 9.59 Å². The largest absolute Gasteiger partial charge is 0.497 e. The molecule has 1 amide bonds. The first-order valence-electron chi connectivity index (χ1n) is 6.20. The zero-order valence-corrected chi connectivity index (χ0v) is 10.9. The first-order valence-corrected chi connectivity index (χ1v) is 6.20. The van der Waals surface area contributed by atoms with Gasteiger partial charge in [-0.15, -0.1) is 0 Å². The van der Waals surface area contributed by atoms with Gasteiger partial charge in [0.15, 0.2) is 0 Å². The van der Waals surface area contributed by atoms with E-state index in [0.717, 1.165) is 11.3 Å². The van der Waals surface area contributed by atoms with Crippen molar-refractivity contribution < 1.29 is 19.4 Å².